The van der Waals surface area contributed by atoms with Crippen molar-refractivity contribution in [2.75, 3.05) is 23.7 Å². The van der Waals surface area contributed by atoms with Crippen LogP contribution >= 0.6 is 23.2 Å². The molecule has 2 rings (SSSR count). The Kier molecular flexibility index (Phi) is 8.95. The minimum absolute atomic E-state index is 0.156. The van der Waals surface area contributed by atoms with Crippen LogP contribution in [0.1, 0.15) is 25.0 Å². The van der Waals surface area contributed by atoms with Crippen molar-refractivity contribution < 1.29 is 18.0 Å². The Bertz CT molecular complexity index is 1090. The van der Waals surface area contributed by atoms with Crippen molar-refractivity contribution in [3.8, 4) is 0 Å². The summed E-state index contributed by atoms with van der Waals surface area (Å²) in [6.07, 6.45) is 1.00. The van der Waals surface area contributed by atoms with E-state index >= 15 is 0 Å². The van der Waals surface area contributed by atoms with Crippen molar-refractivity contribution in [2.24, 2.45) is 0 Å². The smallest absolute Gasteiger partial charge is 0.244 e. The van der Waals surface area contributed by atoms with Crippen molar-refractivity contribution in [3.05, 3.63) is 63.6 Å². The third-order valence-corrected chi connectivity index (χ3v) is 6.87. The number of rotatable bonds is 9. The molecule has 0 aliphatic carbocycles. The highest BCUT2D eigenvalue weighted by Crippen LogP contribution is 2.28. The van der Waals surface area contributed by atoms with Gasteiger partial charge in [-0.2, -0.15) is 0 Å². The topological polar surface area (TPSA) is 86.8 Å². The van der Waals surface area contributed by atoms with E-state index in [1.165, 1.54) is 23.1 Å². The van der Waals surface area contributed by atoms with Crippen LogP contribution < -0.4 is 9.62 Å². The summed E-state index contributed by atoms with van der Waals surface area (Å²) in [5.41, 5.74) is 2.02. The molecule has 2 aromatic rings. The molecule has 0 aliphatic heterocycles. The normalized spacial score (nSPS) is 12.2. The molecule has 1 N–H and O–H groups in total. The Balaban J connectivity index is 2.42. The maximum Gasteiger partial charge on any atom is 0.244 e. The minimum Gasteiger partial charge on any atom is -0.355 e. The molecule has 32 heavy (non-hydrogen) atoms. The first kappa shape index (κ1) is 26.0. The van der Waals surface area contributed by atoms with Gasteiger partial charge in [-0.3, -0.25) is 13.9 Å². The van der Waals surface area contributed by atoms with E-state index in [0.29, 0.717) is 6.54 Å². The highest BCUT2D eigenvalue weighted by Gasteiger charge is 2.30. The van der Waals surface area contributed by atoms with Gasteiger partial charge in [0.15, 0.2) is 0 Å². The van der Waals surface area contributed by atoms with Crippen molar-refractivity contribution >= 4 is 50.7 Å². The van der Waals surface area contributed by atoms with Gasteiger partial charge in [0.25, 0.3) is 0 Å². The predicted molar refractivity (Wildman–Crippen MR) is 129 cm³/mol. The SMILES string of the molecule is CCNC(=O)[C@@H](C)N(Cc1ccccc1C)C(=O)CN(c1ccc(Cl)c(Cl)c1)S(C)(=O)=O. The number of nitrogens with one attached hydrogen (secondary N) is 1. The van der Waals surface area contributed by atoms with Gasteiger partial charge in [0.1, 0.15) is 12.6 Å². The van der Waals surface area contributed by atoms with Gasteiger partial charge >= 0.3 is 0 Å². The van der Waals surface area contributed by atoms with Crippen LogP contribution in [0, 0.1) is 6.92 Å². The molecule has 0 radical (unpaired) electrons. The number of carbonyl (C=O) groups excluding carboxylic acids is 2. The van der Waals surface area contributed by atoms with E-state index < -0.39 is 28.5 Å². The molecular weight excluding hydrogens is 473 g/mol. The molecule has 0 aromatic heterocycles. The molecule has 1 atom stereocenters. The molecule has 0 bridgehead atoms. The molecule has 7 nitrogen and oxygen atoms in total. The van der Waals surface area contributed by atoms with E-state index in [4.69, 9.17) is 23.2 Å². The molecule has 0 aliphatic rings. The summed E-state index contributed by atoms with van der Waals surface area (Å²) in [5, 5.41) is 3.14. The van der Waals surface area contributed by atoms with Crippen molar-refractivity contribution in [1.82, 2.24) is 10.2 Å². The number of amides is 2. The molecule has 2 amide bonds. The summed E-state index contributed by atoms with van der Waals surface area (Å²) in [6, 6.07) is 11.0. The second-order valence-corrected chi connectivity index (χ2v) is 10.1. The molecule has 10 heteroatoms. The lowest BCUT2D eigenvalue weighted by atomic mass is 10.1. The maximum absolute atomic E-state index is 13.4. The van der Waals surface area contributed by atoms with Crippen LogP contribution in [0.2, 0.25) is 10.0 Å². The van der Waals surface area contributed by atoms with Gasteiger partial charge in [0.2, 0.25) is 21.8 Å². The lowest BCUT2D eigenvalue weighted by molar-refractivity contribution is -0.139. The number of hydrogen-bond acceptors (Lipinski definition) is 4. The van der Waals surface area contributed by atoms with Gasteiger partial charge in [-0.25, -0.2) is 8.42 Å². The van der Waals surface area contributed by atoms with Crippen LogP contribution in [0.5, 0.6) is 0 Å². The first-order valence-corrected chi connectivity index (χ1v) is 12.6. The number of sulfonamides is 1. The van der Waals surface area contributed by atoms with Crippen molar-refractivity contribution in [1.29, 1.82) is 0 Å². The van der Waals surface area contributed by atoms with E-state index in [9.17, 15) is 18.0 Å². The fourth-order valence-electron chi connectivity index (χ4n) is 3.13. The average molecular weight is 500 g/mol. The average Bonchev–Trinajstić information content (AvgIpc) is 2.72. The van der Waals surface area contributed by atoms with Crippen molar-refractivity contribution in [2.45, 2.75) is 33.4 Å². The number of benzene rings is 2. The van der Waals surface area contributed by atoms with Gasteiger partial charge in [-0.05, 0) is 50.1 Å². The number of anilines is 1. The van der Waals surface area contributed by atoms with Gasteiger partial charge in [-0.1, -0.05) is 47.5 Å². The Morgan fingerprint density at radius 3 is 2.31 bits per heavy atom. The number of halogens is 2. The summed E-state index contributed by atoms with van der Waals surface area (Å²) in [4.78, 5) is 27.3. The van der Waals surface area contributed by atoms with Gasteiger partial charge < -0.3 is 10.2 Å². The number of aryl methyl sites for hydroxylation is 1. The van der Waals surface area contributed by atoms with Gasteiger partial charge in [0, 0.05) is 13.1 Å². The molecule has 0 spiro atoms. The van der Waals surface area contributed by atoms with Crippen LogP contribution in [-0.4, -0.2) is 50.5 Å². The zero-order valence-corrected chi connectivity index (χ0v) is 20.8. The first-order valence-electron chi connectivity index (χ1n) is 10.00. The van der Waals surface area contributed by atoms with E-state index in [1.807, 2.05) is 31.2 Å². The van der Waals surface area contributed by atoms with Crippen LogP contribution in [0.15, 0.2) is 42.5 Å². The Hall–Kier alpha value is -2.29. The maximum atomic E-state index is 13.4. The van der Waals surface area contributed by atoms with Crippen LogP contribution in [0.25, 0.3) is 0 Å². The second kappa shape index (κ2) is 11.0. The molecule has 2 aromatic carbocycles. The monoisotopic (exact) mass is 499 g/mol. The number of likely N-dealkylation sites (N-methyl/N-ethyl adjacent to an activating group) is 1. The summed E-state index contributed by atoms with van der Waals surface area (Å²) < 4.78 is 26.0. The van der Waals surface area contributed by atoms with Gasteiger partial charge in [0.05, 0.1) is 22.0 Å². The molecule has 174 valence electrons. The third-order valence-electron chi connectivity index (χ3n) is 4.99. The minimum atomic E-state index is -3.83. The zero-order chi connectivity index (χ0) is 24.1. The van der Waals surface area contributed by atoms with E-state index in [1.54, 1.807) is 13.8 Å². The quantitative estimate of drug-likeness (QED) is 0.570. The number of hydrogen-bond donors (Lipinski definition) is 1. The molecule has 0 heterocycles. The second-order valence-electron chi connectivity index (χ2n) is 7.39. The molecule has 0 saturated carbocycles. The predicted octanol–water partition coefficient (Wildman–Crippen LogP) is 3.62. The largest absolute Gasteiger partial charge is 0.355 e. The van der Waals surface area contributed by atoms with Crippen LogP contribution in [0.4, 0.5) is 5.69 Å². The standard InChI is InChI=1S/C22H27Cl2N3O4S/c1-5-25-22(29)16(3)26(13-17-9-7-6-8-15(17)2)21(28)14-27(32(4,30)31)18-10-11-19(23)20(24)12-18/h6-12,16H,5,13-14H2,1-4H3,(H,25,29)/t16-/m1/s1. The summed E-state index contributed by atoms with van der Waals surface area (Å²) in [5.74, 6) is -0.849. The Labute approximate surface area is 199 Å². The van der Waals surface area contributed by atoms with Crippen LogP contribution in [0.3, 0.4) is 0 Å². The third kappa shape index (κ3) is 6.60. The highest BCUT2D eigenvalue weighted by molar-refractivity contribution is 7.92. The summed E-state index contributed by atoms with van der Waals surface area (Å²) in [7, 11) is -3.83. The number of nitrogens with zero attached hydrogens (tertiary/aromatic N) is 2. The van der Waals surface area contributed by atoms with Gasteiger partial charge in [-0.15, -0.1) is 0 Å². The summed E-state index contributed by atoms with van der Waals surface area (Å²) in [6.45, 7) is 5.38. The van der Waals surface area contributed by atoms with Crippen LogP contribution in [-0.2, 0) is 26.2 Å². The molecule has 0 saturated heterocycles. The number of carbonyl (C=O) groups is 2. The zero-order valence-electron chi connectivity index (χ0n) is 18.4. The Morgan fingerprint density at radius 1 is 1.09 bits per heavy atom. The molecule has 0 unspecified atom stereocenters. The fraction of sp³-hybridized carbons (Fsp3) is 0.364. The van der Waals surface area contributed by atoms with E-state index in [0.717, 1.165) is 21.7 Å². The fourth-order valence-corrected chi connectivity index (χ4v) is 4.26. The van der Waals surface area contributed by atoms with E-state index in [2.05, 4.69) is 5.32 Å². The summed E-state index contributed by atoms with van der Waals surface area (Å²) >= 11 is 12.0. The lowest BCUT2D eigenvalue weighted by Crippen LogP contribution is -2.51. The molecular formula is C22H27Cl2N3O4S. The highest BCUT2D eigenvalue weighted by atomic mass is 35.5. The Morgan fingerprint density at radius 2 is 1.75 bits per heavy atom. The lowest BCUT2D eigenvalue weighted by Gasteiger charge is -2.31. The van der Waals surface area contributed by atoms with Crippen molar-refractivity contribution in [3.63, 3.8) is 0 Å². The first-order chi connectivity index (χ1) is 15.0. The molecule has 0 fully saturated rings. The van der Waals surface area contributed by atoms with E-state index in [-0.39, 0.29) is 28.2 Å².